The van der Waals surface area contributed by atoms with Crippen LogP contribution in [-0.4, -0.2) is 45.6 Å². The number of aromatic nitrogens is 1. The van der Waals surface area contributed by atoms with Crippen molar-refractivity contribution in [1.82, 2.24) is 14.8 Å². The average Bonchev–Trinajstić information content (AvgIpc) is 2.77. The molecule has 4 rings (SSSR count). The Hall–Kier alpha value is -1.91. The molecule has 0 amide bonds. The number of likely N-dealkylation sites (tertiary alicyclic amines) is 1. The fourth-order valence-electron chi connectivity index (χ4n) is 5.21. The van der Waals surface area contributed by atoms with E-state index in [2.05, 4.69) is 20.9 Å². The zero-order chi connectivity index (χ0) is 19.9. The van der Waals surface area contributed by atoms with Crippen LogP contribution in [0.1, 0.15) is 56.1 Å². The quantitative estimate of drug-likeness (QED) is 0.731. The molecule has 1 saturated carbocycles. The second-order valence-electron chi connectivity index (χ2n) is 8.95. The molecule has 0 radical (unpaired) electrons. The van der Waals surface area contributed by atoms with E-state index in [-0.39, 0.29) is 0 Å². The molecule has 1 aliphatic carbocycles. The smallest absolute Gasteiger partial charge is 0.120 e. The molecule has 1 atom stereocenters. The van der Waals surface area contributed by atoms with E-state index >= 15 is 0 Å². The maximum Gasteiger partial charge on any atom is 0.120 e. The number of nitrogens with zero attached hydrogens (tertiary/aromatic N) is 3. The summed E-state index contributed by atoms with van der Waals surface area (Å²) in [6, 6.07) is 12.7. The van der Waals surface area contributed by atoms with Gasteiger partial charge in [0.2, 0.25) is 0 Å². The van der Waals surface area contributed by atoms with E-state index in [1.165, 1.54) is 63.6 Å². The fourth-order valence-corrected chi connectivity index (χ4v) is 5.21. The van der Waals surface area contributed by atoms with Gasteiger partial charge >= 0.3 is 0 Å². The predicted molar refractivity (Wildman–Crippen MR) is 118 cm³/mol. The molecule has 4 nitrogen and oxygen atoms in total. The summed E-state index contributed by atoms with van der Waals surface area (Å²) in [6.45, 7) is 5.24. The van der Waals surface area contributed by atoms with Crippen LogP contribution >= 0.6 is 0 Å². The minimum Gasteiger partial charge on any atom is -0.508 e. The summed E-state index contributed by atoms with van der Waals surface area (Å²) in [5.41, 5.74) is 2.25. The number of piperidine rings is 1. The molecular formula is C25H35N3O. The number of pyridine rings is 1. The normalized spacial score (nSPS) is 21.5. The van der Waals surface area contributed by atoms with Gasteiger partial charge < -0.3 is 10.0 Å². The Bertz CT molecular complexity index is 745. The summed E-state index contributed by atoms with van der Waals surface area (Å²) in [6.07, 6.45) is 13.5. The van der Waals surface area contributed by atoms with E-state index in [0.717, 1.165) is 31.2 Å². The van der Waals surface area contributed by atoms with Crippen molar-refractivity contribution in [1.29, 1.82) is 0 Å². The van der Waals surface area contributed by atoms with Crippen LogP contribution < -0.4 is 0 Å². The van der Waals surface area contributed by atoms with Crippen LogP contribution in [0.4, 0.5) is 0 Å². The molecule has 2 aromatic rings. The van der Waals surface area contributed by atoms with Gasteiger partial charge in [0.15, 0.2) is 0 Å². The van der Waals surface area contributed by atoms with Gasteiger partial charge in [0.05, 0.1) is 0 Å². The molecule has 1 N–H and O–H groups in total. The maximum atomic E-state index is 10.3. The van der Waals surface area contributed by atoms with Gasteiger partial charge in [-0.15, -0.1) is 0 Å². The molecular weight excluding hydrogens is 358 g/mol. The van der Waals surface area contributed by atoms with Gasteiger partial charge in [-0.1, -0.05) is 43.5 Å². The highest BCUT2D eigenvalue weighted by Crippen LogP contribution is 2.28. The summed E-state index contributed by atoms with van der Waals surface area (Å²) in [5, 5.41) is 10.3. The standard InChI is InChI=1S/C25H35N3O/c29-25-13-5-4-10-23(25)20-27(17-21-8-6-14-26-16-21)18-22-9-7-15-28(19-22)24-11-2-1-3-12-24/h4-6,8,10,13-14,16,22,24,29H,1-3,7,9,11-12,15,17-20H2/t22-/m0/s1. The van der Waals surface area contributed by atoms with E-state index in [0.29, 0.717) is 11.7 Å². The van der Waals surface area contributed by atoms with Gasteiger partial charge in [-0.3, -0.25) is 9.88 Å². The van der Waals surface area contributed by atoms with Crippen molar-refractivity contribution < 1.29 is 5.11 Å². The average molecular weight is 394 g/mol. The lowest BCUT2D eigenvalue weighted by Crippen LogP contribution is -2.46. The molecule has 1 aliphatic heterocycles. The lowest BCUT2D eigenvalue weighted by molar-refractivity contribution is 0.0769. The summed E-state index contributed by atoms with van der Waals surface area (Å²) in [7, 11) is 0. The number of aromatic hydroxyl groups is 1. The third-order valence-electron chi connectivity index (χ3n) is 6.67. The van der Waals surface area contributed by atoms with Gasteiger partial charge in [0.1, 0.15) is 5.75 Å². The zero-order valence-corrected chi connectivity index (χ0v) is 17.5. The summed E-state index contributed by atoms with van der Waals surface area (Å²) < 4.78 is 0. The molecule has 29 heavy (non-hydrogen) atoms. The second kappa shape index (κ2) is 10.2. The number of rotatable bonds is 7. The minimum absolute atomic E-state index is 0.399. The van der Waals surface area contributed by atoms with E-state index in [1.54, 1.807) is 6.07 Å². The maximum absolute atomic E-state index is 10.3. The third-order valence-corrected chi connectivity index (χ3v) is 6.67. The molecule has 1 aromatic carbocycles. The first-order chi connectivity index (χ1) is 14.3. The van der Waals surface area contributed by atoms with Crippen molar-refractivity contribution in [2.45, 2.75) is 64.1 Å². The molecule has 2 aliphatic rings. The number of para-hydroxylation sites is 1. The summed E-state index contributed by atoms with van der Waals surface area (Å²) >= 11 is 0. The highest BCUT2D eigenvalue weighted by atomic mass is 16.3. The fraction of sp³-hybridized carbons (Fsp3) is 0.560. The molecule has 2 fully saturated rings. The molecule has 1 saturated heterocycles. The first kappa shape index (κ1) is 20.4. The van der Waals surface area contributed by atoms with Crippen molar-refractivity contribution in [3.63, 3.8) is 0 Å². The Balaban J connectivity index is 1.43. The highest BCUT2D eigenvalue weighted by Gasteiger charge is 2.28. The lowest BCUT2D eigenvalue weighted by atomic mass is 9.90. The van der Waals surface area contributed by atoms with Crippen LogP contribution in [0.25, 0.3) is 0 Å². The van der Waals surface area contributed by atoms with Crippen LogP contribution in [0.2, 0.25) is 0 Å². The predicted octanol–water partition coefficient (Wildman–Crippen LogP) is 4.83. The van der Waals surface area contributed by atoms with Crippen LogP contribution in [0, 0.1) is 5.92 Å². The zero-order valence-electron chi connectivity index (χ0n) is 17.5. The molecule has 2 heterocycles. The number of benzene rings is 1. The number of hydrogen-bond donors (Lipinski definition) is 1. The van der Waals surface area contributed by atoms with Gasteiger partial charge in [0.25, 0.3) is 0 Å². The van der Waals surface area contributed by atoms with Gasteiger partial charge in [-0.05, 0) is 55.8 Å². The molecule has 4 heteroatoms. The Morgan fingerprint density at radius 3 is 2.62 bits per heavy atom. The summed E-state index contributed by atoms with van der Waals surface area (Å²) in [5.74, 6) is 1.10. The Labute approximate surface area is 175 Å². The topological polar surface area (TPSA) is 39.6 Å². The van der Waals surface area contributed by atoms with Crippen molar-refractivity contribution in [3.05, 3.63) is 59.9 Å². The highest BCUT2D eigenvalue weighted by molar-refractivity contribution is 5.31. The molecule has 156 valence electrons. The van der Waals surface area contributed by atoms with E-state index in [4.69, 9.17) is 0 Å². The first-order valence-electron chi connectivity index (χ1n) is 11.4. The van der Waals surface area contributed by atoms with Gasteiger partial charge in [-0.25, -0.2) is 0 Å². The Morgan fingerprint density at radius 1 is 0.966 bits per heavy atom. The SMILES string of the molecule is Oc1ccccc1CN(Cc1cccnc1)C[C@@H]1CCCN(C2CCCCC2)C1. The van der Waals surface area contributed by atoms with Gasteiger partial charge in [0, 0.05) is 50.2 Å². The molecule has 0 unspecified atom stereocenters. The number of phenols is 1. The van der Waals surface area contributed by atoms with Crippen LogP contribution in [0.15, 0.2) is 48.8 Å². The van der Waals surface area contributed by atoms with Crippen LogP contribution in [0.5, 0.6) is 5.75 Å². The van der Waals surface area contributed by atoms with E-state index < -0.39 is 0 Å². The van der Waals surface area contributed by atoms with Crippen molar-refractivity contribution >= 4 is 0 Å². The molecule has 0 spiro atoms. The monoisotopic (exact) mass is 393 g/mol. The van der Waals surface area contributed by atoms with Crippen LogP contribution in [0.3, 0.4) is 0 Å². The van der Waals surface area contributed by atoms with E-state index in [1.807, 2.05) is 36.7 Å². The minimum atomic E-state index is 0.399. The van der Waals surface area contributed by atoms with Crippen molar-refractivity contribution in [2.75, 3.05) is 19.6 Å². The summed E-state index contributed by atoms with van der Waals surface area (Å²) in [4.78, 5) is 9.59. The van der Waals surface area contributed by atoms with Gasteiger partial charge in [-0.2, -0.15) is 0 Å². The molecule has 1 aromatic heterocycles. The first-order valence-corrected chi connectivity index (χ1v) is 11.4. The molecule has 0 bridgehead atoms. The second-order valence-corrected chi connectivity index (χ2v) is 8.95. The number of hydrogen-bond acceptors (Lipinski definition) is 4. The Kier molecular flexibility index (Phi) is 7.18. The largest absolute Gasteiger partial charge is 0.508 e. The van der Waals surface area contributed by atoms with Crippen molar-refractivity contribution in [3.8, 4) is 5.75 Å². The van der Waals surface area contributed by atoms with E-state index in [9.17, 15) is 5.11 Å². The lowest BCUT2D eigenvalue weighted by Gasteiger charge is -2.41. The third kappa shape index (κ3) is 5.80. The van der Waals surface area contributed by atoms with Crippen LogP contribution in [-0.2, 0) is 13.1 Å². The van der Waals surface area contributed by atoms with Crippen molar-refractivity contribution in [2.24, 2.45) is 5.92 Å². The number of phenolic OH excluding ortho intramolecular Hbond substituents is 1. The Morgan fingerprint density at radius 2 is 1.83 bits per heavy atom.